The summed E-state index contributed by atoms with van der Waals surface area (Å²) in [5.41, 5.74) is 3.88. The van der Waals surface area contributed by atoms with Crippen molar-refractivity contribution >= 4 is 33.1 Å². The predicted molar refractivity (Wildman–Crippen MR) is 116 cm³/mol. The van der Waals surface area contributed by atoms with Crippen molar-refractivity contribution < 1.29 is 14.5 Å². The number of carbonyl (C=O) groups is 2. The van der Waals surface area contributed by atoms with Crippen molar-refractivity contribution in [1.29, 1.82) is 0 Å². The monoisotopic (exact) mass is 410 g/mol. The Morgan fingerprint density at radius 1 is 1.28 bits per heavy atom. The SMILES string of the molecule is CC(=O)c1c(C)[nH]c(C(=O)[C@H](C)[NH+]2CCC[C@H](c3nc4ccccc4s3)C2)c1C. The molecule has 5 nitrogen and oxygen atoms in total. The molecule has 0 aliphatic carbocycles. The number of H-pyrrole nitrogens is 1. The molecule has 3 atom stereocenters. The number of nitrogens with one attached hydrogen (secondary N) is 2. The third-order valence-corrected chi connectivity index (χ3v) is 7.46. The van der Waals surface area contributed by atoms with E-state index < -0.39 is 0 Å². The second-order valence-electron chi connectivity index (χ2n) is 8.24. The molecule has 0 amide bonds. The van der Waals surface area contributed by atoms with Crippen molar-refractivity contribution in [2.24, 2.45) is 0 Å². The van der Waals surface area contributed by atoms with Crippen LogP contribution < -0.4 is 4.90 Å². The molecule has 0 saturated carbocycles. The summed E-state index contributed by atoms with van der Waals surface area (Å²) in [6, 6.07) is 8.13. The maximum absolute atomic E-state index is 13.3. The van der Waals surface area contributed by atoms with E-state index in [0.29, 0.717) is 17.2 Å². The van der Waals surface area contributed by atoms with Gasteiger partial charge in [-0.3, -0.25) is 9.59 Å². The molecule has 6 heteroatoms. The van der Waals surface area contributed by atoms with Gasteiger partial charge in [0.1, 0.15) is 5.01 Å². The van der Waals surface area contributed by atoms with Crippen LogP contribution in [-0.4, -0.2) is 40.7 Å². The number of fused-ring (bicyclic) bond motifs is 1. The molecule has 2 N–H and O–H groups in total. The summed E-state index contributed by atoms with van der Waals surface area (Å²) in [5.74, 6) is 0.493. The second-order valence-corrected chi connectivity index (χ2v) is 9.30. The van der Waals surface area contributed by atoms with E-state index >= 15 is 0 Å². The normalized spacial score (nSPS) is 20.7. The molecular weight excluding hydrogens is 382 g/mol. The Morgan fingerprint density at radius 2 is 2.03 bits per heavy atom. The smallest absolute Gasteiger partial charge is 0.235 e. The Hall–Kier alpha value is -2.31. The van der Waals surface area contributed by atoms with Crippen molar-refractivity contribution in [2.75, 3.05) is 13.1 Å². The van der Waals surface area contributed by atoms with Crippen LogP contribution in [0.2, 0.25) is 0 Å². The lowest BCUT2D eigenvalue weighted by atomic mass is 9.95. The summed E-state index contributed by atoms with van der Waals surface area (Å²) in [7, 11) is 0. The van der Waals surface area contributed by atoms with Gasteiger partial charge in [0, 0.05) is 11.3 Å². The van der Waals surface area contributed by atoms with Gasteiger partial charge in [-0.05, 0) is 58.2 Å². The number of benzene rings is 1. The number of ketones is 2. The summed E-state index contributed by atoms with van der Waals surface area (Å²) in [5, 5.41) is 1.19. The molecule has 0 radical (unpaired) electrons. The number of thiazole rings is 1. The fourth-order valence-corrected chi connectivity index (χ4v) is 5.79. The van der Waals surface area contributed by atoms with E-state index in [4.69, 9.17) is 4.98 Å². The Labute approximate surface area is 175 Å². The highest BCUT2D eigenvalue weighted by Gasteiger charge is 2.35. The van der Waals surface area contributed by atoms with Crippen molar-refractivity contribution in [1.82, 2.24) is 9.97 Å². The molecule has 152 valence electrons. The summed E-state index contributed by atoms with van der Waals surface area (Å²) in [6.45, 7) is 9.22. The molecule has 1 aliphatic rings. The molecule has 3 aromatic rings. The molecule has 1 aliphatic heterocycles. The van der Waals surface area contributed by atoms with E-state index in [1.807, 2.05) is 26.8 Å². The third kappa shape index (κ3) is 3.67. The zero-order chi connectivity index (χ0) is 20.7. The third-order valence-electron chi connectivity index (χ3n) is 6.26. The lowest BCUT2D eigenvalue weighted by Crippen LogP contribution is -3.17. The van der Waals surface area contributed by atoms with E-state index in [2.05, 4.69) is 23.2 Å². The van der Waals surface area contributed by atoms with E-state index in [1.54, 1.807) is 18.3 Å². The second kappa shape index (κ2) is 7.84. The van der Waals surface area contributed by atoms with Crippen LogP contribution in [0.1, 0.15) is 69.7 Å². The van der Waals surface area contributed by atoms with Crippen LogP contribution in [-0.2, 0) is 0 Å². The Bertz CT molecular complexity index is 1050. The lowest BCUT2D eigenvalue weighted by molar-refractivity contribution is -0.919. The number of aryl methyl sites for hydroxylation is 1. The minimum absolute atomic E-state index is 0.00386. The first-order chi connectivity index (χ1) is 13.9. The average molecular weight is 411 g/mol. The molecule has 29 heavy (non-hydrogen) atoms. The number of nitrogens with zero attached hydrogens (tertiary/aromatic N) is 1. The number of hydrogen-bond donors (Lipinski definition) is 2. The van der Waals surface area contributed by atoms with Gasteiger partial charge in [0.15, 0.2) is 11.8 Å². The number of Topliss-reactive ketones (excluding diaryl/α,β-unsaturated/α-hetero) is 2. The first kappa shape index (κ1) is 20.0. The first-order valence-electron chi connectivity index (χ1n) is 10.3. The molecule has 2 aromatic heterocycles. The Balaban J connectivity index is 1.54. The van der Waals surface area contributed by atoms with Gasteiger partial charge in [0.05, 0.1) is 34.9 Å². The van der Waals surface area contributed by atoms with Gasteiger partial charge in [-0.2, -0.15) is 0 Å². The van der Waals surface area contributed by atoms with Crippen LogP contribution in [0.25, 0.3) is 10.2 Å². The number of para-hydroxylation sites is 1. The highest BCUT2D eigenvalue weighted by Crippen LogP contribution is 2.30. The van der Waals surface area contributed by atoms with Crippen molar-refractivity contribution in [3.63, 3.8) is 0 Å². The topological polar surface area (TPSA) is 67.3 Å². The fraction of sp³-hybridized carbons (Fsp3) is 0.435. The van der Waals surface area contributed by atoms with Crippen LogP contribution >= 0.6 is 11.3 Å². The molecule has 0 spiro atoms. The van der Waals surface area contributed by atoms with Crippen molar-refractivity contribution in [2.45, 2.75) is 52.5 Å². The van der Waals surface area contributed by atoms with Gasteiger partial charge in [-0.1, -0.05) is 12.1 Å². The van der Waals surface area contributed by atoms with Crippen LogP contribution in [0.3, 0.4) is 0 Å². The van der Waals surface area contributed by atoms with Gasteiger partial charge in [-0.15, -0.1) is 11.3 Å². The quantitative estimate of drug-likeness (QED) is 0.633. The number of hydrogen-bond acceptors (Lipinski definition) is 4. The van der Waals surface area contributed by atoms with Gasteiger partial charge in [-0.25, -0.2) is 4.98 Å². The predicted octanol–water partition coefficient (Wildman–Crippen LogP) is 3.48. The highest BCUT2D eigenvalue weighted by atomic mass is 32.1. The fourth-order valence-electron chi connectivity index (χ4n) is 4.69. The maximum Gasteiger partial charge on any atom is 0.235 e. The lowest BCUT2D eigenvalue weighted by Gasteiger charge is -2.32. The molecule has 4 rings (SSSR count). The Kier molecular flexibility index (Phi) is 5.40. The summed E-state index contributed by atoms with van der Waals surface area (Å²) in [6.07, 6.45) is 2.22. The number of piperidine rings is 1. The number of aromatic amines is 1. The summed E-state index contributed by atoms with van der Waals surface area (Å²) >= 11 is 1.78. The minimum Gasteiger partial charge on any atom is -0.355 e. The van der Waals surface area contributed by atoms with E-state index in [9.17, 15) is 9.59 Å². The van der Waals surface area contributed by atoms with Gasteiger partial charge < -0.3 is 9.88 Å². The van der Waals surface area contributed by atoms with Gasteiger partial charge in [0.25, 0.3) is 0 Å². The average Bonchev–Trinajstić information content (AvgIpc) is 3.27. The largest absolute Gasteiger partial charge is 0.355 e. The number of aromatic nitrogens is 2. The standard InChI is InChI=1S/C23H27N3O2S/c1-13-20(16(4)27)14(2)24-21(13)22(28)15(3)26-11-7-8-17(12-26)23-25-18-9-5-6-10-19(18)29-23/h5-6,9-10,15,17,24H,7-8,11-12H2,1-4H3/p+1/t15-,17-/m0/s1. The molecule has 1 aromatic carbocycles. The minimum atomic E-state index is -0.149. The summed E-state index contributed by atoms with van der Waals surface area (Å²) < 4.78 is 1.23. The molecular formula is C23H28N3O2S+. The van der Waals surface area contributed by atoms with E-state index in [1.165, 1.54) is 14.6 Å². The van der Waals surface area contributed by atoms with E-state index in [-0.39, 0.29) is 17.6 Å². The van der Waals surface area contributed by atoms with Crippen LogP contribution in [0.4, 0.5) is 0 Å². The van der Waals surface area contributed by atoms with Crippen LogP contribution in [0.15, 0.2) is 24.3 Å². The molecule has 1 unspecified atom stereocenters. The van der Waals surface area contributed by atoms with Crippen molar-refractivity contribution in [3.8, 4) is 0 Å². The van der Waals surface area contributed by atoms with Crippen LogP contribution in [0.5, 0.6) is 0 Å². The highest BCUT2D eigenvalue weighted by molar-refractivity contribution is 7.18. The van der Waals surface area contributed by atoms with Gasteiger partial charge >= 0.3 is 0 Å². The summed E-state index contributed by atoms with van der Waals surface area (Å²) in [4.78, 5) is 34.5. The van der Waals surface area contributed by atoms with E-state index in [0.717, 1.165) is 42.7 Å². The van der Waals surface area contributed by atoms with Crippen LogP contribution in [0, 0.1) is 13.8 Å². The first-order valence-corrected chi connectivity index (χ1v) is 11.1. The molecule has 3 heterocycles. The molecule has 1 fully saturated rings. The zero-order valence-corrected chi connectivity index (χ0v) is 18.3. The number of likely N-dealkylation sites (tertiary alicyclic amines) is 1. The Morgan fingerprint density at radius 3 is 2.72 bits per heavy atom. The van der Waals surface area contributed by atoms with Gasteiger partial charge in [0.2, 0.25) is 5.78 Å². The molecule has 0 bridgehead atoms. The zero-order valence-electron chi connectivity index (χ0n) is 17.5. The maximum atomic E-state index is 13.3. The molecule has 1 saturated heterocycles. The van der Waals surface area contributed by atoms with Crippen molar-refractivity contribution in [3.05, 3.63) is 51.8 Å². The number of rotatable bonds is 5. The number of carbonyl (C=O) groups excluding carboxylic acids is 2. The number of quaternary nitrogens is 1.